The Morgan fingerprint density at radius 3 is 2.25 bits per heavy atom. The molecule has 0 aromatic rings. The summed E-state index contributed by atoms with van der Waals surface area (Å²) >= 11 is -2.20. The van der Waals surface area contributed by atoms with Gasteiger partial charge in [0.25, 0.3) is 10.1 Å². The van der Waals surface area contributed by atoms with Crippen molar-refractivity contribution in [3.63, 3.8) is 0 Å². The van der Waals surface area contributed by atoms with E-state index in [0.29, 0.717) is 18.6 Å². The van der Waals surface area contributed by atoms with E-state index in [1.54, 1.807) is 0 Å². The van der Waals surface area contributed by atoms with E-state index in [9.17, 15) is 12.6 Å². The third-order valence-electron chi connectivity index (χ3n) is 1.27. The van der Waals surface area contributed by atoms with Gasteiger partial charge < -0.3 is 0 Å². The molecule has 0 amide bonds. The van der Waals surface area contributed by atoms with Gasteiger partial charge in [-0.2, -0.15) is 12.6 Å². The van der Waals surface area contributed by atoms with Gasteiger partial charge >= 0.3 is 11.4 Å². The van der Waals surface area contributed by atoms with Crippen molar-refractivity contribution in [3.8, 4) is 0 Å². The molecule has 1 atom stereocenters. The van der Waals surface area contributed by atoms with Crippen LogP contribution in [0.3, 0.4) is 0 Å². The van der Waals surface area contributed by atoms with E-state index in [1.807, 2.05) is 0 Å². The SMILES string of the molecule is O=S(O)OCCCSSCCCS(=O)(=O)O. The van der Waals surface area contributed by atoms with Crippen LogP contribution in [0, 0.1) is 0 Å². The van der Waals surface area contributed by atoms with E-state index in [4.69, 9.17) is 9.11 Å². The summed E-state index contributed by atoms with van der Waals surface area (Å²) in [7, 11) is -0.804. The molecule has 16 heavy (non-hydrogen) atoms. The molecule has 10 heteroatoms. The van der Waals surface area contributed by atoms with Gasteiger partial charge in [-0.05, 0) is 12.8 Å². The van der Waals surface area contributed by atoms with E-state index in [1.165, 1.54) is 21.6 Å². The lowest BCUT2D eigenvalue weighted by Gasteiger charge is -2.00. The Kier molecular flexibility index (Phi) is 10.1. The van der Waals surface area contributed by atoms with Gasteiger partial charge in [0.2, 0.25) is 0 Å². The fourth-order valence-corrected chi connectivity index (χ4v) is 3.77. The zero-order valence-corrected chi connectivity index (χ0v) is 11.7. The van der Waals surface area contributed by atoms with Gasteiger partial charge in [0.1, 0.15) is 0 Å². The van der Waals surface area contributed by atoms with Crippen molar-refractivity contribution in [2.75, 3.05) is 23.9 Å². The van der Waals surface area contributed by atoms with Gasteiger partial charge in [-0.3, -0.25) is 13.3 Å². The minimum Gasteiger partial charge on any atom is -0.286 e. The maximum Gasteiger partial charge on any atom is 0.301 e. The van der Waals surface area contributed by atoms with Gasteiger partial charge in [0, 0.05) is 11.5 Å². The van der Waals surface area contributed by atoms with E-state index in [-0.39, 0.29) is 12.4 Å². The quantitative estimate of drug-likeness (QED) is 0.268. The highest BCUT2D eigenvalue weighted by atomic mass is 33.1. The Balaban J connectivity index is 3.13. The maximum atomic E-state index is 10.3. The van der Waals surface area contributed by atoms with Gasteiger partial charge in [-0.15, -0.1) is 0 Å². The molecular formula is C6H14O6S4. The summed E-state index contributed by atoms with van der Waals surface area (Å²) in [5.41, 5.74) is 0. The van der Waals surface area contributed by atoms with Crippen LogP contribution < -0.4 is 0 Å². The summed E-state index contributed by atoms with van der Waals surface area (Å²) in [6.45, 7) is 0.224. The largest absolute Gasteiger partial charge is 0.301 e. The standard InChI is InChI=1S/C6H14O6S4/c7-15(8)12-3-1-4-13-14-5-2-6-16(9,10)11/h1-6H2,(H,7,8)(H,9,10,11). The topological polar surface area (TPSA) is 101 Å². The summed E-state index contributed by atoms with van der Waals surface area (Å²) in [6, 6.07) is 0. The molecule has 0 saturated heterocycles. The van der Waals surface area contributed by atoms with Gasteiger partial charge in [0.05, 0.1) is 12.4 Å². The van der Waals surface area contributed by atoms with Crippen molar-refractivity contribution in [1.29, 1.82) is 0 Å². The van der Waals surface area contributed by atoms with Crippen molar-refractivity contribution in [2.24, 2.45) is 0 Å². The lowest BCUT2D eigenvalue weighted by molar-refractivity contribution is 0.308. The fraction of sp³-hybridized carbons (Fsp3) is 1.00. The first kappa shape index (κ1) is 16.7. The molecule has 6 nitrogen and oxygen atoms in total. The second kappa shape index (κ2) is 9.68. The van der Waals surface area contributed by atoms with E-state index >= 15 is 0 Å². The molecule has 0 bridgehead atoms. The summed E-state index contributed by atoms with van der Waals surface area (Å²) < 4.78 is 51.8. The first-order chi connectivity index (χ1) is 7.42. The zero-order valence-electron chi connectivity index (χ0n) is 8.40. The molecule has 0 aromatic carbocycles. The lowest BCUT2D eigenvalue weighted by atomic mass is 10.5. The van der Waals surface area contributed by atoms with Crippen molar-refractivity contribution in [3.05, 3.63) is 0 Å². The van der Waals surface area contributed by atoms with Crippen LogP contribution in [0.5, 0.6) is 0 Å². The highest BCUT2D eigenvalue weighted by Gasteiger charge is 2.03. The number of hydrogen-bond acceptors (Lipinski definition) is 6. The molecule has 0 heterocycles. The van der Waals surface area contributed by atoms with E-state index in [2.05, 4.69) is 4.18 Å². The molecule has 0 aromatic heterocycles. The van der Waals surface area contributed by atoms with Gasteiger partial charge in [0.15, 0.2) is 0 Å². The van der Waals surface area contributed by atoms with E-state index < -0.39 is 21.5 Å². The van der Waals surface area contributed by atoms with E-state index in [0.717, 1.165) is 5.75 Å². The molecule has 0 aliphatic heterocycles. The maximum absolute atomic E-state index is 10.3. The Morgan fingerprint density at radius 2 is 1.75 bits per heavy atom. The highest BCUT2D eigenvalue weighted by molar-refractivity contribution is 8.76. The summed E-state index contributed by atoms with van der Waals surface area (Å²) in [4.78, 5) is 0. The lowest BCUT2D eigenvalue weighted by Crippen LogP contribution is -2.04. The molecule has 2 N–H and O–H groups in total. The molecular weight excluding hydrogens is 296 g/mol. The average Bonchev–Trinajstić information content (AvgIpc) is 2.13. The second-order valence-corrected chi connectivity index (χ2v) is 7.62. The van der Waals surface area contributed by atoms with Crippen LogP contribution in [0.4, 0.5) is 0 Å². The third-order valence-corrected chi connectivity index (χ3v) is 5.02. The normalized spacial score (nSPS) is 13.9. The van der Waals surface area contributed by atoms with Crippen molar-refractivity contribution in [2.45, 2.75) is 12.8 Å². The van der Waals surface area contributed by atoms with Crippen LogP contribution in [0.15, 0.2) is 0 Å². The smallest absolute Gasteiger partial charge is 0.286 e. The van der Waals surface area contributed by atoms with Gasteiger partial charge in [-0.25, -0.2) is 0 Å². The number of hydrogen-bond donors (Lipinski definition) is 2. The predicted octanol–water partition coefficient (Wildman–Crippen LogP) is 1.19. The minimum atomic E-state index is -3.84. The molecule has 0 aliphatic rings. The Hall–Kier alpha value is 0.680. The van der Waals surface area contributed by atoms with Crippen LogP contribution in [0.1, 0.15) is 12.8 Å². The van der Waals surface area contributed by atoms with Crippen molar-refractivity contribution < 1.29 is 25.9 Å². The second-order valence-electron chi connectivity index (χ2n) is 2.68. The Morgan fingerprint density at radius 1 is 1.19 bits per heavy atom. The van der Waals surface area contributed by atoms with Crippen LogP contribution in [0.25, 0.3) is 0 Å². The van der Waals surface area contributed by atoms with Crippen molar-refractivity contribution >= 4 is 43.1 Å². The fourth-order valence-electron chi connectivity index (χ4n) is 0.666. The zero-order chi connectivity index (χ0) is 12.4. The molecule has 98 valence electrons. The van der Waals surface area contributed by atoms with Gasteiger partial charge in [-0.1, -0.05) is 21.6 Å². The molecule has 0 spiro atoms. The minimum absolute atomic E-state index is 0.215. The Labute approximate surface area is 106 Å². The van der Waals surface area contributed by atoms with Crippen LogP contribution in [0.2, 0.25) is 0 Å². The van der Waals surface area contributed by atoms with Crippen LogP contribution >= 0.6 is 21.6 Å². The van der Waals surface area contributed by atoms with Crippen LogP contribution in [-0.4, -0.2) is 45.6 Å². The van der Waals surface area contributed by atoms with Crippen molar-refractivity contribution in [1.82, 2.24) is 0 Å². The highest BCUT2D eigenvalue weighted by Crippen LogP contribution is 2.22. The number of rotatable bonds is 10. The molecule has 0 radical (unpaired) electrons. The summed E-state index contributed by atoms with van der Waals surface area (Å²) in [5.74, 6) is 1.18. The average molecular weight is 310 g/mol. The Bertz CT molecular complexity index is 289. The molecule has 0 saturated carbocycles. The molecule has 1 unspecified atom stereocenters. The van der Waals surface area contributed by atoms with Crippen LogP contribution in [-0.2, 0) is 25.7 Å². The first-order valence-corrected chi connectivity index (χ1v) is 9.48. The molecule has 0 rings (SSSR count). The predicted molar refractivity (Wildman–Crippen MR) is 67.3 cm³/mol. The monoisotopic (exact) mass is 310 g/mol. The molecule has 0 fully saturated rings. The first-order valence-electron chi connectivity index (χ1n) is 4.35. The molecule has 0 aliphatic carbocycles. The summed E-state index contributed by atoms with van der Waals surface area (Å²) in [6.07, 6.45) is 1.07. The third kappa shape index (κ3) is 14.7. The summed E-state index contributed by atoms with van der Waals surface area (Å²) in [5, 5.41) is 0.